The Balaban J connectivity index is 2.66. The first-order chi connectivity index (χ1) is 8.43. The van der Waals surface area contributed by atoms with Gasteiger partial charge < -0.3 is 14.8 Å². The predicted octanol–water partition coefficient (Wildman–Crippen LogP) is -0.535. The van der Waals surface area contributed by atoms with Crippen molar-refractivity contribution in [3.8, 4) is 11.5 Å². The van der Waals surface area contributed by atoms with Crippen molar-refractivity contribution in [1.29, 1.82) is 0 Å². The molecule has 1 amide bonds. The summed E-state index contributed by atoms with van der Waals surface area (Å²) in [5.41, 5.74) is 0.0822. The maximum absolute atomic E-state index is 11.7. The van der Waals surface area contributed by atoms with E-state index in [1.165, 1.54) is 19.2 Å². The first-order valence-electron chi connectivity index (χ1n) is 5.12. The lowest BCUT2D eigenvalue weighted by Gasteiger charge is -2.21. The smallest absolute Gasteiger partial charge is 0.254 e. The van der Waals surface area contributed by atoms with Gasteiger partial charge in [0.15, 0.2) is 11.5 Å². The molecule has 0 aliphatic carbocycles. The zero-order chi connectivity index (χ0) is 13.3. The number of carbonyl (C=O) groups excluding carboxylic acids is 1. The molecule has 18 heavy (non-hydrogen) atoms. The fraction of sp³-hybridized carbons (Fsp3) is 0.300. The maximum atomic E-state index is 11.7. The third-order valence-electron chi connectivity index (χ3n) is 2.42. The third-order valence-corrected chi connectivity index (χ3v) is 3.31. The fourth-order valence-corrected chi connectivity index (χ4v) is 2.15. The molecule has 2 rings (SSSR count). The Morgan fingerprint density at radius 3 is 2.61 bits per heavy atom. The molecule has 98 valence electrons. The number of hydrogen-bond donors (Lipinski definition) is 2. The Morgan fingerprint density at radius 1 is 1.33 bits per heavy atom. The summed E-state index contributed by atoms with van der Waals surface area (Å²) >= 11 is 0. The molecule has 0 aromatic heterocycles. The van der Waals surface area contributed by atoms with Crippen LogP contribution in [0.4, 0.5) is 0 Å². The molecule has 1 aliphatic heterocycles. The number of benzene rings is 1. The van der Waals surface area contributed by atoms with E-state index in [1.54, 1.807) is 0 Å². The molecule has 0 atom stereocenters. The van der Waals surface area contributed by atoms with E-state index < -0.39 is 15.9 Å². The molecule has 7 nitrogen and oxygen atoms in total. The summed E-state index contributed by atoms with van der Waals surface area (Å²) in [6.07, 6.45) is 0. The summed E-state index contributed by atoms with van der Waals surface area (Å²) in [6.45, 7) is 0.583. The lowest BCUT2D eigenvalue weighted by molar-refractivity contribution is 0.0951. The molecule has 0 radical (unpaired) electrons. The van der Waals surface area contributed by atoms with Gasteiger partial charge in [0.2, 0.25) is 10.0 Å². The summed E-state index contributed by atoms with van der Waals surface area (Å²) in [5, 5.41) is 7.44. The van der Waals surface area contributed by atoms with Gasteiger partial charge in [0, 0.05) is 13.1 Å². The van der Waals surface area contributed by atoms with Crippen molar-refractivity contribution in [2.75, 3.05) is 20.3 Å². The van der Waals surface area contributed by atoms with Crippen LogP contribution in [0.2, 0.25) is 0 Å². The molecule has 1 aromatic rings. The fourth-order valence-electron chi connectivity index (χ4n) is 1.60. The molecule has 0 bridgehead atoms. The van der Waals surface area contributed by atoms with Crippen LogP contribution in [-0.4, -0.2) is 34.6 Å². The number of rotatable bonds is 2. The van der Waals surface area contributed by atoms with Crippen LogP contribution in [0.5, 0.6) is 11.5 Å². The number of ether oxygens (including phenoxy) is 2. The quantitative estimate of drug-likeness (QED) is 0.752. The number of carbonyl (C=O) groups is 1. The summed E-state index contributed by atoms with van der Waals surface area (Å²) in [7, 11) is -2.48. The Labute approximate surface area is 104 Å². The molecule has 1 aromatic carbocycles. The lowest BCUT2D eigenvalue weighted by atomic mass is 10.1. The molecule has 0 saturated carbocycles. The minimum Gasteiger partial charge on any atom is -0.486 e. The summed E-state index contributed by atoms with van der Waals surface area (Å²) in [6, 6.07) is 2.41. The van der Waals surface area contributed by atoms with E-state index in [2.05, 4.69) is 5.32 Å². The van der Waals surface area contributed by atoms with Crippen molar-refractivity contribution in [3.63, 3.8) is 0 Å². The number of nitrogens with one attached hydrogen (secondary N) is 1. The molecular formula is C10H12N2O5S. The van der Waals surface area contributed by atoms with Gasteiger partial charge in [-0.25, -0.2) is 13.6 Å². The standard InChI is InChI=1S/C10H12N2O5S/c1-12-10(13)7-4-6(18(11,14)15)5-8-9(7)17-3-2-16-8/h4-5H,2-3H2,1H3,(H,12,13)(H2,11,14,15). The number of fused-ring (bicyclic) bond motifs is 1. The monoisotopic (exact) mass is 272 g/mol. The van der Waals surface area contributed by atoms with Crippen molar-refractivity contribution >= 4 is 15.9 Å². The maximum Gasteiger partial charge on any atom is 0.254 e. The van der Waals surface area contributed by atoms with Gasteiger partial charge in [-0.3, -0.25) is 4.79 Å². The van der Waals surface area contributed by atoms with E-state index in [1.807, 2.05) is 0 Å². The molecule has 0 unspecified atom stereocenters. The second-order valence-corrected chi connectivity index (χ2v) is 5.18. The zero-order valence-corrected chi connectivity index (χ0v) is 10.4. The van der Waals surface area contributed by atoms with Gasteiger partial charge in [0.1, 0.15) is 13.2 Å². The van der Waals surface area contributed by atoms with E-state index in [0.29, 0.717) is 6.61 Å². The molecular weight excluding hydrogens is 260 g/mol. The van der Waals surface area contributed by atoms with Gasteiger partial charge in [0.05, 0.1) is 10.5 Å². The molecule has 0 fully saturated rings. The highest BCUT2D eigenvalue weighted by Gasteiger charge is 2.24. The number of sulfonamides is 1. The summed E-state index contributed by atoms with van der Waals surface area (Å²) in [4.78, 5) is 11.5. The zero-order valence-electron chi connectivity index (χ0n) is 9.60. The van der Waals surface area contributed by atoms with E-state index >= 15 is 0 Å². The second kappa shape index (κ2) is 4.46. The molecule has 8 heteroatoms. The Morgan fingerprint density at radius 2 is 2.00 bits per heavy atom. The minimum absolute atomic E-state index is 0.0822. The van der Waals surface area contributed by atoms with Gasteiger partial charge in [-0.1, -0.05) is 0 Å². The number of hydrogen-bond acceptors (Lipinski definition) is 5. The highest BCUT2D eigenvalue weighted by Crippen LogP contribution is 2.36. The highest BCUT2D eigenvalue weighted by molar-refractivity contribution is 7.89. The van der Waals surface area contributed by atoms with Crippen molar-refractivity contribution in [2.45, 2.75) is 4.90 Å². The average molecular weight is 272 g/mol. The van der Waals surface area contributed by atoms with Crippen LogP contribution in [-0.2, 0) is 10.0 Å². The van der Waals surface area contributed by atoms with E-state index in [0.717, 1.165) is 0 Å². The highest BCUT2D eigenvalue weighted by atomic mass is 32.2. The van der Waals surface area contributed by atoms with Crippen molar-refractivity contribution in [3.05, 3.63) is 17.7 Å². The molecule has 1 aliphatic rings. The van der Waals surface area contributed by atoms with Gasteiger partial charge >= 0.3 is 0 Å². The number of primary sulfonamides is 1. The molecule has 0 saturated heterocycles. The van der Waals surface area contributed by atoms with Crippen LogP contribution >= 0.6 is 0 Å². The molecule has 3 N–H and O–H groups in total. The molecule has 1 heterocycles. The summed E-state index contributed by atoms with van der Waals surface area (Å²) < 4.78 is 33.3. The van der Waals surface area contributed by atoms with Crippen LogP contribution < -0.4 is 19.9 Å². The Bertz CT molecular complexity index is 597. The Kier molecular flexibility index (Phi) is 3.14. The number of amides is 1. The molecule has 0 spiro atoms. The van der Waals surface area contributed by atoms with Gasteiger partial charge in [0.25, 0.3) is 5.91 Å². The normalized spacial score (nSPS) is 14.1. The predicted molar refractivity (Wildman–Crippen MR) is 62.2 cm³/mol. The van der Waals surface area contributed by atoms with E-state index in [4.69, 9.17) is 14.6 Å². The van der Waals surface area contributed by atoms with Gasteiger partial charge in [-0.2, -0.15) is 0 Å². The largest absolute Gasteiger partial charge is 0.486 e. The van der Waals surface area contributed by atoms with Crippen LogP contribution in [0, 0.1) is 0 Å². The van der Waals surface area contributed by atoms with Crippen molar-refractivity contribution in [2.24, 2.45) is 5.14 Å². The van der Waals surface area contributed by atoms with Gasteiger partial charge in [-0.05, 0) is 6.07 Å². The first-order valence-corrected chi connectivity index (χ1v) is 6.66. The minimum atomic E-state index is -3.92. The third kappa shape index (κ3) is 2.24. The van der Waals surface area contributed by atoms with Crippen molar-refractivity contribution < 1.29 is 22.7 Å². The van der Waals surface area contributed by atoms with Crippen LogP contribution in [0.25, 0.3) is 0 Å². The SMILES string of the molecule is CNC(=O)c1cc(S(N)(=O)=O)cc2c1OCCO2. The lowest BCUT2D eigenvalue weighted by Crippen LogP contribution is -2.24. The van der Waals surface area contributed by atoms with Crippen molar-refractivity contribution in [1.82, 2.24) is 5.32 Å². The van der Waals surface area contributed by atoms with Crippen LogP contribution in [0.15, 0.2) is 17.0 Å². The number of nitrogens with two attached hydrogens (primary N) is 1. The van der Waals surface area contributed by atoms with E-state index in [-0.39, 0.29) is 28.6 Å². The second-order valence-electron chi connectivity index (χ2n) is 3.62. The van der Waals surface area contributed by atoms with Crippen LogP contribution in [0.1, 0.15) is 10.4 Å². The first kappa shape index (κ1) is 12.7. The van der Waals surface area contributed by atoms with Gasteiger partial charge in [-0.15, -0.1) is 0 Å². The van der Waals surface area contributed by atoms with Crippen LogP contribution in [0.3, 0.4) is 0 Å². The summed E-state index contributed by atoms with van der Waals surface area (Å²) in [5.74, 6) is -0.0402. The van der Waals surface area contributed by atoms with E-state index in [9.17, 15) is 13.2 Å². The Hall–Kier alpha value is -1.80. The topological polar surface area (TPSA) is 108 Å². The average Bonchev–Trinajstić information content (AvgIpc) is 2.35.